The summed E-state index contributed by atoms with van der Waals surface area (Å²) >= 11 is 0. The van der Waals surface area contributed by atoms with Gasteiger partial charge in [-0.2, -0.15) is 0 Å². The van der Waals surface area contributed by atoms with Crippen molar-refractivity contribution in [2.24, 2.45) is 0 Å². The summed E-state index contributed by atoms with van der Waals surface area (Å²) in [6.45, 7) is 4.40. The minimum absolute atomic E-state index is 0.281. The van der Waals surface area contributed by atoms with Crippen molar-refractivity contribution in [3.05, 3.63) is 0 Å². The second kappa shape index (κ2) is 16.6. The molecule has 0 saturated carbocycles. The standard InChI is InChI=1S/C19H41O4P/c1-3-5-7-9-10-11-12-13-14-16-18-19(23-24(20,21)22)17-15-8-6-4-2/h19H,3-18H2,1-2H3,(H2,20,21,22). The predicted molar refractivity (Wildman–Crippen MR) is 102 cm³/mol. The Hall–Kier alpha value is 0.110. The largest absolute Gasteiger partial charge is 0.469 e. The zero-order chi connectivity index (χ0) is 18.1. The van der Waals surface area contributed by atoms with Gasteiger partial charge < -0.3 is 9.79 Å². The molecule has 0 radical (unpaired) electrons. The molecule has 0 spiro atoms. The van der Waals surface area contributed by atoms with Gasteiger partial charge in [0.25, 0.3) is 0 Å². The highest BCUT2D eigenvalue weighted by molar-refractivity contribution is 7.46. The van der Waals surface area contributed by atoms with Crippen molar-refractivity contribution in [3.63, 3.8) is 0 Å². The average molecular weight is 365 g/mol. The van der Waals surface area contributed by atoms with Crippen LogP contribution in [0.3, 0.4) is 0 Å². The minimum atomic E-state index is -4.36. The topological polar surface area (TPSA) is 66.8 Å². The van der Waals surface area contributed by atoms with Crippen LogP contribution in [-0.2, 0) is 9.09 Å². The molecule has 0 bridgehead atoms. The summed E-state index contributed by atoms with van der Waals surface area (Å²) in [4.78, 5) is 18.1. The maximum atomic E-state index is 11.1. The van der Waals surface area contributed by atoms with E-state index in [4.69, 9.17) is 14.3 Å². The molecule has 0 aliphatic rings. The molecule has 0 aromatic carbocycles. The van der Waals surface area contributed by atoms with Crippen molar-refractivity contribution < 1.29 is 18.9 Å². The maximum Gasteiger partial charge on any atom is 0.469 e. The lowest BCUT2D eigenvalue weighted by Crippen LogP contribution is -2.11. The van der Waals surface area contributed by atoms with E-state index in [0.29, 0.717) is 0 Å². The van der Waals surface area contributed by atoms with Crippen LogP contribution in [0.25, 0.3) is 0 Å². The molecular weight excluding hydrogens is 323 g/mol. The molecule has 0 aliphatic heterocycles. The Morgan fingerprint density at radius 2 is 1.00 bits per heavy atom. The lowest BCUT2D eigenvalue weighted by Gasteiger charge is -2.18. The van der Waals surface area contributed by atoms with Gasteiger partial charge in [0.05, 0.1) is 6.10 Å². The molecular formula is C19H41O4P. The highest BCUT2D eigenvalue weighted by Gasteiger charge is 2.21. The monoisotopic (exact) mass is 364 g/mol. The summed E-state index contributed by atoms with van der Waals surface area (Å²) < 4.78 is 16.1. The Labute approximate surface area is 150 Å². The minimum Gasteiger partial charge on any atom is -0.303 e. The van der Waals surface area contributed by atoms with E-state index < -0.39 is 7.82 Å². The molecule has 0 aromatic heterocycles. The fourth-order valence-corrected chi connectivity index (χ4v) is 3.70. The molecule has 0 amide bonds. The maximum absolute atomic E-state index is 11.1. The third-order valence-electron chi connectivity index (χ3n) is 4.55. The molecule has 0 aromatic rings. The van der Waals surface area contributed by atoms with Crippen LogP contribution in [0.2, 0.25) is 0 Å². The Balaban J connectivity index is 3.67. The van der Waals surface area contributed by atoms with Gasteiger partial charge in [0.15, 0.2) is 0 Å². The van der Waals surface area contributed by atoms with E-state index in [1.54, 1.807) is 0 Å². The first-order valence-electron chi connectivity index (χ1n) is 10.2. The van der Waals surface area contributed by atoms with Crippen molar-refractivity contribution in [3.8, 4) is 0 Å². The van der Waals surface area contributed by atoms with Crippen LogP contribution < -0.4 is 0 Å². The molecule has 0 fully saturated rings. The number of unbranched alkanes of at least 4 members (excludes halogenated alkanes) is 12. The SMILES string of the molecule is CCCCCCCCCCCCC(CCCCCC)OP(=O)(O)O. The van der Waals surface area contributed by atoms with Gasteiger partial charge in [-0.3, -0.25) is 4.52 Å². The average Bonchev–Trinajstić information content (AvgIpc) is 2.51. The Kier molecular flexibility index (Phi) is 16.6. The Morgan fingerprint density at radius 1 is 0.667 bits per heavy atom. The van der Waals surface area contributed by atoms with Crippen LogP contribution in [0.1, 0.15) is 117 Å². The summed E-state index contributed by atoms with van der Waals surface area (Å²) in [5.74, 6) is 0. The van der Waals surface area contributed by atoms with Gasteiger partial charge in [-0.15, -0.1) is 0 Å². The summed E-state index contributed by atoms with van der Waals surface area (Å²) in [7, 11) is -4.36. The quantitative estimate of drug-likeness (QED) is 0.209. The molecule has 4 nitrogen and oxygen atoms in total. The van der Waals surface area contributed by atoms with Crippen molar-refractivity contribution in [2.45, 2.75) is 123 Å². The van der Waals surface area contributed by atoms with E-state index in [1.807, 2.05) is 0 Å². The number of phosphoric acid groups is 1. The zero-order valence-corrected chi connectivity index (χ0v) is 16.9. The van der Waals surface area contributed by atoms with E-state index in [1.165, 1.54) is 64.2 Å². The van der Waals surface area contributed by atoms with Crippen LogP contribution in [-0.4, -0.2) is 15.9 Å². The van der Waals surface area contributed by atoms with E-state index in [0.717, 1.165) is 38.5 Å². The molecule has 0 rings (SSSR count). The van der Waals surface area contributed by atoms with Crippen LogP contribution in [0, 0.1) is 0 Å². The number of phosphoric ester groups is 1. The summed E-state index contributed by atoms with van der Waals surface area (Å²) in [5.41, 5.74) is 0. The van der Waals surface area contributed by atoms with Gasteiger partial charge in [0.2, 0.25) is 0 Å². The molecule has 24 heavy (non-hydrogen) atoms. The van der Waals surface area contributed by atoms with Gasteiger partial charge in [-0.25, -0.2) is 4.57 Å². The predicted octanol–water partition coefficient (Wildman–Crippen LogP) is 6.75. The number of rotatable bonds is 18. The smallest absolute Gasteiger partial charge is 0.303 e. The van der Waals surface area contributed by atoms with Gasteiger partial charge >= 0.3 is 7.82 Å². The second-order valence-electron chi connectivity index (χ2n) is 7.04. The zero-order valence-electron chi connectivity index (χ0n) is 16.0. The molecule has 0 aliphatic carbocycles. The second-order valence-corrected chi connectivity index (χ2v) is 8.23. The van der Waals surface area contributed by atoms with Gasteiger partial charge in [0, 0.05) is 0 Å². The van der Waals surface area contributed by atoms with Crippen molar-refractivity contribution in [2.75, 3.05) is 0 Å². The number of hydrogen-bond acceptors (Lipinski definition) is 2. The van der Waals surface area contributed by atoms with Crippen molar-refractivity contribution in [1.29, 1.82) is 0 Å². The third kappa shape index (κ3) is 18.4. The van der Waals surface area contributed by atoms with Gasteiger partial charge in [0.1, 0.15) is 0 Å². The molecule has 146 valence electrons. The highest BCUT2D eigenvalue weighted by atomic mass is 31.2. The Bertz CT molecular complexity index is 304. The normalized spacial score (nSPS) is 13.3. The van der Waals surface area contributed by atoms with Gasteiger partial charge in [-0.1, -0.05) is 104 Å². The summed E-state index contributed by atoms with van der Waals surface area (Å²) in [6.07, 6.45) is 18.5. The highest BCUT2D eigenvalue weighted by Crippen LogP contribution is 2.39. The molecule has 1 atom stereocenters. The van der Waals surface area contributed by atoms with Crippen LogP contribution in [0.5, 0.6) is 0 Å². The van der Waals surface area contributed by atoms with E-state index in [2.05, 4.69) is 13.8 Å². The van der Waals surface area contributed by atoms with Crippen LogP contribution in [0.4, 0.5) is 0 Å². The lowest BCUT2D eigenvalue weighted by molar-refractivity contribution is 0.115. The number of hydrogen-bond donors (Lipinski definition) is 2. The molecule has 1 unspecified atom stereocenters. The molecule has 2 N–H and O–H groups in total. The molecule has 0 heterocycles. The summed E-state index contributed by atoms with van der Waals surface area (Å²) in [6, 6.07) is 0. The fourth-order valence-electron chi connectivity index (χ4n) is 3.10. The first kappa shape index (κ1) is 24.1. The fraction of sp³-hybridized carbons (Fsp3) is 1.00. The van der Waals surface area contributed by atoms with Crippen molar-refractivity contribution in [1.82, 2.24) is 0 Å². The summed E-state index contributed by atoms with van der Waals surface area (Å²) in [5, 5.41) is 0. The molecule has 0 saturated heterocycles. The lowest BCUT2D eigenvalue weighted by atomic mass is 10.0. The first-order valence-corrected chi connectivity index (χ1v) is 11.8. The first-order chi connectivity index (χ1) is 11.5. The van der Waals surface area contributed by atoms with E-state index in [9.17, 15) is 4.57 Å². The van der Waals surface area contributed by atoms with Crippen molar-refractivity contribution >= 4 is 7.82 Å². The third-order valence-corrected chi connectivity index (χ3v) is 5.12. The van der Waals surface area contributed by atoms with E-state index in [-0.39, 0.29) is 6.10 Å². The van der Waals surface area contributed by atoms with E-state index >= 15 is 0 Å². The van der Waals surface area contributed by atoms with Crippen LogP contribution >= 0.6 is 7.82 Å². The van der Waals surface area contributed by atoms with Crippen LogP contribution in [0.15, 0.2) is 0 Å². The Morgan fingerprint density at radius 3 is 1.38 bits per heavy atom. The van der Waals surface area contributed by atoms with Gasteiger partial charge in [-0.05, 0) is 12.8 Å². The molecule has 5 heteroatoms.